The number of nitrogens with zero attached hydrogens (tertiary/aromatic N) is 1. The smallest absolute Gasteiger partial charge is 0.224 e. The van der Waals surface area contributed by atoms with Gasteiger partial charge in [0.05, 0.1) is 18.5 Å². The van der Waals surface area contributed by atoms with Crippen molar-refractivity contribution in [2.24, 2.45) is 0 Å². The fourth-order valence-electron chi connectivity index (χ4n) is 2.20. The topological polar surface area (TPSA) is 67.6 Å². The molecule has 0 aliphatic rings. The Hall–Kier alpha value is -1.75. The number of hydrogen-bond donors (Lipinski definition) is 2. The van der Waals surface area contributed by atoms with Gasteiger partial charge in [-0.3, -0.25) is 4.79 Å². The van der Waals surface area contributed by atoms with Crippen LogP contribution in [0.25, 0.3) is 0 Å². The van der Waals surface area contributed by atoms with Gasteiger partial charge in [-0.15, -0.1) is 0 Å². The van der Waals surface area contributed by atoms with Crippen LogP contribution < -0.4 is 15.8 Å². The van der Waals surface area contributed by atoms with Crippen LogP contribution in [-0.4, -0.2) is 37.6 Å². The lowest BCUT2D eigenvalue weighted by atomic mass is 10.2. The Kier molecular flexibility index (Phi) is 7.61. The summed E-state index contributed by atoms with van der Waals surface area (Å²) in [4.78, 5) is 14.3. The number of carbonyl (C=O) groups excluding carboxylic acids is 1. The molecule has 1 rings (SSSR count). The monoisotopic (exact) mass is 293 g/mol. The van der Waals surface area contributed by atoms with E-state index < -0.39 is 0 Å². The van der Waals surface area contributed by atoms with Crippen molar-refractivity contribution < 1.29 is 9.53 Å². The highest BCUT2D eigenvalue weighted by Gasteiger charge is 2.07. The lowest BCUT2D eigenvalue weighted by Gasteiger charge is -2.19. The van der Waals surface area contributed by atoms with Crippen LogP contribution in [0.3, 0.4) is 0 Å². The van der Waals surface area contributed by atoms with Crippen LogP contribution in [0.5, 0.6) is 5.75 Å². The largest absolute Gasteiger partial charge is 0.497 e. The molecule has 21 heavy (non-hydrogen) atoms. The number of anilines is 2. The van der Waals surface area contributed by atoms with Gasteiger partial charge in [0, 0.05) is 12.5 Å². The van der Waals surface area contributed by atoms with Gasteiger partial charge in [-0.05, 0) is 44.6 Å². The summed E-state index contributed by atoms with van der Waals surface area (Å²) < 4.78 is 5.08. The Balaban J connectivity index is 2.40. The molecule has 0 atom stereocenters. The van der Waals surface area contributed by atoms with E-state index in [9.17, 15) is 4.79 Å². The molecule has 0 aliphatic heterocycles. The van der Waals surface area contributed by atoms with Crippen molar-refractivity contribution in [3.05, 3.63) is 18.2 Å². The number of nitrogen functional groups attached to an aromatic ring is 1. The molecule has 118 valence electrons. The van der Waals surface area contributed by atoms with E-state index in [2.05, 4.69) is 24.1 Å². The third-order valence-corrected chi connectivity index (χ3v) is 3.40. The Morgan fingerprint density at radius 2 is 2.10 bits per heavy atom. The quantitative estimate of drug-likeness (QED) is 0.687. The Bertz CT molecular complexity index is 449. The van der Waals surface area contributed by atoms with E-state index >= 15 is 0 Å². The van der Waals surface area contributed by atoms with Crippen LogP contribution in [0.4, 0.5) is 11.4 Å². The van der Waals surface area contributed by atoms with Gasteiger partial charge in [-0.1, -0.05) is 13.8 Å². The van der Waals surface area contributed by atoms with Crippen LogP contribution in [-0.2, 0) is 4.79 Å². The van der Waals surface area contributed by atoms with E-state index in [1.807, 2.05) is 0 Å². The summed E-state index contributed by atoms with van der Waals surface area (Å²) in [6.07, 6.45) is 2.50. The molecule has 0 radical (unpaired) electrons. The highest BCUT2D eigenvalue weighted by molar-refractivity contribution is 5.93. The van der Waals surface area contributed by atoms with E-state index in [0.29, 0.717) is 23.5 Å². The molecule has 0 saturated heterocycles. The third kappa shape index (κ3) is 6.04. The predicted molar refractivity (Wildman–Crippen MR) is 87.7 cm³/mol. The molecule has 1 amide bonds. The molecule has 0 fully saturated rings. The second kappa shape index (κ2) is 9.23. The van der Waals surface area contributed by atoms with Crippen LogP contribution in [0.2, 0.25) is 0 Å². The van der Waals surface area contributed by atoms with Crippen molar-refractivity contribution >= 4 is 17.3 Å². The lowest BCUT2D eigenvalue weighted by molar-refractivity contribution is -0.116. The first-order chi connectivity index (χ1) is 10.1. The summed E-state index contributed by atoms with van der Waals surface area (Å²) >= 11 is 0. The molecular weight excluding hydrogens is 266 g/mol. The Labute approximate surface area is 127 Å². The van der Waals surface area contributed by atoms with Crippen LogP contribution in [0, 0.1) is 0 Å². The SMILES string of the molecule is CCCN(CC)CCCC(=O)Nc1ccc(OC)cc1N. The highest BCUT2D eigenvalue weighted by atomic mass is 16.5. The fraction of sp³-hybridized carbons (Fsp3) is 0.562. The number of rotatable bonds is 9. The average molecular weight is 293 g/mol. The molecule has 3 N–H and O–H groups in total. The second-order valence-electron chi connectivity index (χ2n) is 5.04. The van der Waals surface area contributed by atoms with E-state index in [4.69, 9.17) is 10.5 Å². The van der Waals surface area contributed by atoms with Crippen LogP contribution in [0.15, 0.2) is 18.2 Å². The molecule has 0 bridgehead atoms. The van der Waals surface area contributed by atoms with Gasteiger partial charge in [0.2, 0.25) is 5.91 Å². The van der Waals surface area contributed by atoms with Crippen molar-refractivity contribution in [2.45, 2.75) is 33.1 Å². The van der Waals surface area contributed by atoms with E-state index in [1.54, 1.807) is 25.3 Å². The molecule has 1 aromatic carbocycles. The minimum atomic E-state index is -0.000539. The first-order valence-electron chi connectivity index (χ1n) is 7.56. The van der Waals surface area contributed by atoms with Gasteiger partial charge < -0.3 is 20.7 Å². The summed E-state index contributed by atoms with van der Waals surface area (Å²) in [5, 5.41) is 2.85. The van der Waals surface area contributed by atoms with E-state index in [1.165, 1.54) is 0 Å². The van der Waals surface area contributed by atoms with Gasteiger partial charge in [0.1, 0.15) is 5.75 Å². The summed E-state index contributed by atoms with van der Waals surface area (Å²) in [6, 6.07) is 5.25. The minimum absolute atomic E-state index is 0.000539. The number of benzene rings is 1. The number of nitrogens with one attached hydrogen (secondary N) is 1. The predicted octanol–water partition coefficient (Wildman–Crippen LogP) is 2.73. The van der Waals surface area contributed by atoms with Gasteiger partial charge in [-0.25, -0.2) is 0 Å². The summed E-state index contributed by atoms with van der Waals surface area (Å²) in [5.41, 5.74) is 7.04. The van der Waals surface area contributed by atoms with E-state index in [-0.39, 0.29) is 5.91 Å². The van der Waals surface area contributed by atoms with Crippen molar-refractivity contribution in [1.29, 1.82) is 0 Å². The highest BCUT2D eigenvalue weighted by Crippen LogP contribution is 2.24. The van der Waals surface area contributed by atoms with Crippen LogP contribution >= 0.6 is 0 Å². The summed E-state index contributed by atoms with van der Waals surface area (Å²) in [5.74, 6) is 0.683. The maximum absolute atomic E-state index is 11.9. The Morgan fingerprint density at radius 1 is 1.33 bits per heavy atom. The lowest BCUT2D eigenvalue weighted by Crippen LogP contribution is -2.26. The molecule has 5 heteroatoms. The summed E-state index contributed by atoms with van der Waals surface area (Å²) in [7, 11) is 1.59. The standard InChI is InChI=1S/C16H27N3O2/c1-4-10-19(5-2)11-6-7-16(20)18-15-9-8-13(21-3)12-14(15)17/h8-9,12H,4-7,10-11,17H2,1-3H3,(H,18,20). The first kappa shape index (κ1) is 17.3. The molecule has 0 saturated carbocycles. The number of carbonyl (C=O) groups is 1. The zero-order chi connectivity index (χ0) is 15.7. The number of nitrogens with two attached hydrogens (primary N) is 1. The summed E-state index contributed by atoms with van der Waals surface area (Å²) in [6.45, 7) is 7.38. The number of methoxy groups -OCH3 is 1. The molecule has 5 nitrogen and oxygen atoms in total. The number of hydrogen-bond acceptors (Lipinski definition) is 4. The first-order valence-corrected chi connectivity index (χ1v) is 7.56. The van der Waals surface area contributed by atoms with Gasteiger partial charge in [0.25, 0.3) is 0 Å². The number of ether oxygens (including phenoxy) is 1. The van der Waals surface area contributed by atoms with Crippen molar-refractivity contribution in [3.63, 3.8) is 0 Å². The van der Waals surface area contributed by atoms with Crippen molar-refractivity contribution in [3.8, 4) is 5.75 Å². The zero-order valence-electron chi connectivity index (χ0n) is 13.3. The van der Waals surface area contributed by atoms with Gasteiger partial charge in [0.15, 0.2) is 0 Å². The maximum Gasteiger partial charge on any atom is 0.224 e. The van der Waals surface area contributed by atoms with Gasteiger partial charge in [-0.2, -0.15) is 0 Å². The maximum atomic E-state index is 11.9. The molecule has 1 aromatic rings. The zero-order valence-corrected chi connectivity index (χ0v) is 13.3. The average Bonchev–Trinajstić information content (AvgIpc) is 2.48. The normalized spacial score (nSPS) is 10.7. The molecule has 0 heterocycles. The van der Waals surface area contributed by atoms with Crippen molar-refractivity contribution in [2.75, 3.05) is 37.8 Å². The molecule has 0 aliphatic carbocycles. The fourth-order valence-corrected chi connectivity index (χ4v) is 2.20. The minimum Gasteiger partial charge on any atom is -0.497 e. The van der Waals surface area contributed by atoms with Gasteiger partial charge >= 0.3 is 0 Å². The molecular formula is C16H27N3O2. The molecule has 0 aromatic heterocycles. The molecule has 0 spiro atoms. The van der Waals surface area contributed by atoms with Crippen LogP contribution in [0.1, 0.15) is 33.1 Å². The third-order valence-electron chi connectivity index (χ3n) is 3.40. The Morgan fingerprint density at radius 3 is 2.67 bits per heavy atom. The second-order valence-corrected chi connectivity index (χ2v) is 5.04. The van der Waals surface area contributed by atoms with Crippen molar-refractivity contribution in [1.82, 2.24) is 4.90 Å². The van der Waals surface area contributed by atoms with E-state index in [0.717, 1.165) is 32.5 Å². The number of amides is 1. The molecule has 0 unspecified atom stereocenters.